The molecule has 1 amide bonds. The molecule has 0 aliphatic heterocycles. The molecule has 0 aliphatic carbocycles. The number of carboxylic acids is 2. The second-order valence-corrected chi connectivity index (χ2v) is 3.43. The zero-order valence-corrected chi connectivity index (χ0v) is 9.55. The topological polar surface area (TPSA) is 113 Å². The summed E-state index contributed by atoms with van der Waals surface area (Å²) in [6.07, 6.45) is 0. The van der Waals surface area contributed by atoms with Crippen LogP contribution < -0.4 is 5.32 Å². The van der Waals surface area contributed by atoms with Gasteiger partial charge in [0.1, 0.15) is 19.0 Å². The number of carbonyl (C=O) groups excluding carboxylic acids is 1. The first kappa shape index (κ1) is 14.6. The molecular weight excluding hydrogens is 261 g/mol. The number of hydrogen-bond acceptors (Lipinski definition) is 4. The van der Waals surface area contributed by atoms with E-state index in [1.165, 1.54) is 0 Å². The minimum Gasteiger partial charge on any atom is -0.480 e. The smallest absolute Gasteiger partial charge is 0.335 e. The van der Waals surface area contributed by atoms with Gasteiger partial charge in [-0.2, -0.15) is 0 Å². The third-order valence-electron chi connectivity index (χ3n) is 1.95. The monoisotopic (exact) mass is 271 g/mol. The molecule has 0 bridgehead atoms. The molecule has 1 aromatic carbocycles. The minimum absolute atomic E-state index is 0.192. The molecule has 0 unspecified atom stereocenters. The Kier molecular flexibility index (Phi) is 4.95. The summed E-state index contributed by atoms with van der Waals surface area (Å²) in [5, 5.41) is 19.1. The van der Waals surface area contributed by atoms with Crippen LogP contribution in [0.4, 0.5) is 10.1 Å². The quantitative estimate of drug-likeness (QED) is 0.697. The summed E-state index contributed by atoms with van der Waals surface area (Å²) in [5.41, 5.74) is -0.507. The van der Waals surface area contributed by atoms with Gasteiger partial charge in [-0.25, -0.2) is 14.0 Å². The SMILES string of the molecule is O=C(O)COCC(=O)Nc1cc(C(=O)O)ccc1F. The third kappa shape index (κ3) is 4.72. The first-order chi connectivity index (χ1) is 8.90. The Morgan fingerprint density at radius 1 is 1.21 bits per heavy atom. The number of amides is 1. The lowest BCUT2D eigenvalue weighted by atomic mass is 10.2. The third-order valence-corrected chi connectivity index (χ3v) is 1.95. The molecule has 3 N–H and O–H groups in total. The van der Waals surface area contributed by atoms with Gasteiger partial charge in [-0.15, -0.1) is 0 Å². The van der Waals surface area contributed by atoms with Crippen molar-refractivity contribution in [3.63, 3.8) is 0 Å². The van der Waals surface area contributed by atoms with Gasteiger partial charge in [0.2, 0.25) is 5.91 Å². The van der Waals surface area contributed by atoms with Crippen molar-refractivity contribution in [2.24, 2.45) is 0 Å². The minimum atomic E-state index is -1.27. The van der Waals surface area contributed by atoms with E-state index in [1.807, 2.05) is 0 Å². The van der Waals surface area contributed by atoms with Crippen molar-refractivity contribution in [2.45, 2.75) is 0 Å². The normalized spacial score (nSPS) is 9.95. The number of carboxylic acid groups (broad SMARTS) is 2. The first-order valence-corrected chi connectivity index (χ1v) is 5.02. The lowest BCUT2D eigenvalue weighted by Gasteiger charge is -2.07. The van der Waals surface area contributed by atoms with Gasteiger partial charge in [0.15, 0.2) is 0 Å². The first-order valence-electron chi connectivity index (χ1n) is 5.02. The molecule has 0 atom stereocenters. The lowest BCUT2D eigenvalue weighted by molar-refractivity contribution is -0.143. The number of hydrogen-bond donors (Lipinski definition) is 3. The summed E-state index contributed by atoms with van der Waals surface area (Å²) in [6.45, 7) is -1.24. The Balaban J connectivity index is 2.65. The van der Waals surface area contributed by atoms with E-state index >= 15 is 0 Å². The molecule has 0 aliphatic rings. The summed E-state index contributed by atoms with van der Waals surface area (Å²) >= 11 is 0. The molecule has 0 fully saturated rings. The average Bonchev–Trinajstić information content (AvgIpc) is 2.31. The molecule has 0 aromatic heterocycles. The van der Waals surface area contributed by atoms with E-state index in [0.29, 0.717) is 0 Å². The van der Waals surface area contributed by atoms with Crippen LogP contribution in [0.25, 0.3) is 0 Å². The van der Waals surface area contributed by atoms with E-state index in [2.05, 4.69) is 10.1 Å². The lowest BCUT2D eigenvalue weighted by Crippen LogP contribution is -2.21. The van der Waals surface area contributed by atoms with E-state index in [4.69, 9.17) is 10.2 Å². The highest BCUT2D eigenvalue weighted by Gasteiger charge is 2.11. The standard InChI is InChI=1S/C11H10FNO6/c12-7-2-1-6(11(17)18)3-8(7)13-9(14)4-19-5-10(15)16/h1-3H,4-5H2,(H,13,14)(H,15,16)(H,17,18). The maximum Gasteiger partial charge on any atom is 0.335 e. The van der Waals surface area contributed by atoms with Crippen LogP contribution >= 0.6 is 0 Å². The number of ether oxygens (including phenoxy) is 1. The highest BCUT2D eigenvalue weighted by Crippen LogP contribution is 2.16. The van der Waals surface area contributed by atoms with Gasteiger partial charge in [-0.05, 0) is 18.2 Å². The molecular formula is C11H10FNO6. The highest BCUT2D eigenvalue weighted by atomic mass is 19.1. The maximum absolute atomic E-state index is 13.3. The van der Waals surface area contributed by atoms with Crippen molar-refractivity contribution >= 4 is 23.5 Å². The van der Waals surface area contributed by atoms with Crippen LogP contribution in [0.3, 0.4) is 0 Å². The molecule has 0 radical (unpaired) electrons. The van der Waals surface area contributed by atoms with Crippen molar-refractivity contribution in [1.29, 1.82) is 0 Å². The number of benzene rings is 1. The summed E-state index contributed by atoms with van der Waals surface area (Å²) in [7, 11) is 0. The number of anilines is 1. The van der Waals surface area contributed by atoms with E-state index in [9.17, 15) is 18.8 Å². The number of carbonyl (C=O) groups is 3. The van der Waals surface area contributed by atoms with Gasteiger partial charge in [-0.1, -0.05) is 0 Å². The number of rotatable bonds is 6. The van der Waals surface area contributed by atoms with Crippen molar-refractivity contribution in [3.8, 4) is 0 Å². The Hall–Kier alpha value is -2.48. The van der Waals surface area contributed by atoms with E-state index in [-0.39, 0.29) is 11.3 Å². The second-order valence-electron chi connectivity index (χ2n) is 3.43. The number of aromatic carboxylic acids is 1. The fourth-order valence-corrected chi connectivity index (χ4v) is 1.17. The fourth-order valence-electron chi connectivity index (χ4n) is 1.17. The van der Waals surface area contributed by atoms with E-state index in [1.54, 1.807) is 0 Å². The zero-order chi connectivity index (χ0) is 14.4. The van der Waals surface area contributed by atoms with Crippen LogP contribution in [0.2, 0.25) is 0 Å². The van der Waals surface area contributed by atoms with Crippen LogP contribution in [0.5, 0.6) is 0 Å². The van der Waals surface area contributed by atoms with Gasteiger partial charge in [0, 0.05) is 0 Å². The highest BCUT2D eigenvalue weighted by molar-refractivity contribution is 5.94. The van der Waals surface area contributed by atoms with E-state index < -0.39 is 36.9 Å². The molecule has 0 heterocycles. The molecule has 0 saturated heterocycles. The van der Waals surface area contributed by atoms with Gasteiger partial charge in [-0.3, -0.25) is 4.79 Å². The Morgan fingerprint density at radius 3 is 2.47 bits per heavy atom. The molecule has 19 heavy (non-hydrogen) atoms. The Labute approximate surface area is 106 Å². The molecule has 0 spiro atoms. The Bertz CT molecular complexity index is 516. The van der Waals surface area contributed by atoms with Crippen molar-refractivity contribution < 1.29 is 33.7 Å². The van der Waals surface area contributed by atoms with Crippen LogP contribution in [0.1, 0.15) is 10.4 Å². The molecule has 102 valence electrons. The summed E-state index contributed by atoms with van der Waals surface area (Å²) < 4.78 is 17.8. The predicted octanol–water partition coefficient (Wildman–Crippen LogP) is 0.564. The number of halogens is 1. The largest absolute Gasteiger partial charge is 0.480 e. The van der Waals surface area contributed by atoms with Crippen molar-refractivity contribution in [1.82, 2.24) is 0 Å². The van der Waals surface area contributed by atoms with Crippen LogP contribution in [-0.4, -0.2) is 41.3 Å². The molecule has 8 heteroatoms. The molecule has 1 aromatic rings. The zero-order valence-electron chi connectivity index (χ0n) is 9.55. The van der Waals surface area contributed by atoms with Gasteiger partial charge >= 0.3 is 11.9 Å². The second kappa shape index (κ2) is 6.45. The summed E-state index contributed by atoms with van der Waals surface area (Å²) in [5.74, 6) is -4.11. The van der Waals surface area contributed by atoms with Crippen LogP contribution in [-0.2, 0) is 14.3 Å². The predicted molar refractivity (Wildman–Crippen MR) is 60.4 cm³/mol. The van der Waals surface area contributed by atoms with Crippen molar-refractivity contribution in [2.75, 3.05) is 18.5 Å². The fraction of sp³-hybridized carbons (Fsp3) is 0.182. The van der Waals surface area contributed by atoms with Gasteiger partial charge in [0.05, 0.1) is 11.3 Å². The number of nitrogens with one attached hydrogen (secondary N) is 1. The summed E-state index contributed by atoms with van der Waals surface area (Å²) in [4.78, 5) is 32.1. The number of aliphatic carboxylic acids is 1. The van der Waals surface area contributed by atoms with E-state index in [0.717, 1.165) is 18.2 Å². The molecule has 7 nitrogen and oxygen atoms in total. The van der Waals surface area contributed by atoms with Gasteiger partial charge < -0.3 is 20.3 Å². The van der Waals surface area contributed by atoms with Crippen molar-refractivity contribution in [3.05, 3.63) is 29.6 Å². The maximum atomic E-state index is 13.3. The summed E-state index contributed by atoms with van der Waals surface area (Å²) in [6, 6.07) is 2.90. The molecule has 0 saturated carbocycles. The average molecular weight is 271 g/mol. The molecule has 1 rings (SSSR count). The Morgan fingerprint density at radius 2 is 1.89 bits per heavy atom. The van der Waals surface area contributed by atoms with Crippen LogP contribution in [0.15, 0.2) is 18.2 Å². The van der Waals surface area contributed by atoms with Gasteiger partial charge in [0.25, 0.3) is 0 Å². The van der Waals surface area contributed by atoms with Crippen LogP contribution in [0, 0.1) is 5.82 Å².